The van der Waals surface area contributed by atoms with Gasteiger partial charge in [0, 0.05) is 0 Å². The van der Waals surface area contributed by atoms with Crippen LogP contribution in [0.25, 0.3) is 0 Å². The van der Waals surface area contributed by atoms with E-state index in [9.17, 15) is 0 Å². The predicted octanol–water partition coefficient (Wildman–Crippen LogP) is 4.34. The van der Waals surface area contributed by atoms with Gasteiger partial charge in [0.1, 0.15) is 0 Å². The van der Waals surface area contributed by atoms with E-state index in [0.29, 0.717) is 33.0 Å². The van der Waals surface area contributed by atoms with Crippen molar-refractivity contribution in [3.05, 3.63) is 0 Å². The van der Waals surface area contributed by atoms with Gasteiger partial charge in [-0.2, -0.15) is 0 Å². The SMILES string of the molecule is CCOP(=S)(N=P(OCC)(OCC)OCC)OCC. The average Bonchev–Trinajstić information content (AvgIpc) is 2.30. The molecular formula is C10H25NO5P2S. The molecule has 0 unspecified atom stereocenters. The van der Waals surface area contributed by atoms with Gasteiger partial charge < -0.3 is 22.6 Å². The first-order valence-corrected chi connectivity index (χ1v) is 10.6. The minimum Gasteiger partial charge on any atom is -0.313 e. The van der Waals surface area contributed by atoms with Crippen LogP contribution in [-0.4, -0.2) is 33.0 Å². The lowest BCUT2D eigenvalue weighted by Gasteiger charge is -2.25. The zero-order chi connectivity index (χ0) is 14.8. The number of nitrogens with zero attached hydrogens (tertiary/aromatic N) is 1. The fourth-order valence-corrected chi connectivity index (χ4v) is 6.70. The molecule has 0 aromatic rings. The minimum atomic E-state index is -2.86. The second kappa shape index (κ2) is 10.4. The van der Waals surface area contributed by atoms with E-state index in [-0.39, 0.29) is 0 Å². The normalized spacial score (nSPS) is 12.7. The lowest BCUT2D eigenvalue weighted by Crippen LogP contribution is -2.02. The van der Waals surface area contributed by atoms with Crippen LogP contribution in [-0.2, 0) is 34.4 Å². The Hall–Kier alpha value is 0.680. The third kappa shape index (κ3) is 7.30. The molecule has 9 heteroatoms. The first kappa shape index (κ1) is 19.7. The molecule has 0 N–H and O–H groups in total. The smallest absolute Gasteiger partial charge is 0.313 e. The Kier molecular flexibility index (Phi) is 10.8. The highest BCUT2D eigenvalue weighted by molar-refractivity contribution is 8.10. The van der Waals surface area contributed by atoms with Crippen LogP contribution < -0.4 is 0 Å². The molecule has 0 rings (SSSR count). The summed E-state index contributed by atoms with van der Waals surface area (Å²) in [5.41, 5.74) is 0. The molecule has 0 radical (unpaired) electrons. The molecule has 0 saturated carbocycles. The van der Waals surface area contributed by atoms with Gasteiger partial charge in [-0.15, -0.1) is 4.52 Å². The Morgan fingerprint density at radius 3 is 1.26 bits per heavy atom. The second-order valence-electron chi connectivity index (χ2n) is 3.12. The van der Waals surface area contributed by atoms with Crippen molar-refractivity contribution in [3.8, 4) is 0 Å². The Balaban J connectivity index is 5.47. The summed E-state index contributed by atoms with van der Waals surface area (Å²) in [7, 11) is -2.86. The summed E-state index contributed by atoms with van der Waals surface area (Å²) in [6.07, 6.45) is 0. The van der Waals surface area contributed by atoms with Crippen LogP contribution in [0, 0.1) is 0 Å². The fourth-order valence-electron chi connectivity index (χ4n) is 1.23. The Morgan fingerprint density at radius 2 is 1.00 bits per heavy atom. The number of rotatable bonds is 11. The average molecular weight is 333 g/mol. The highest BCUT2D eigenvalue weighted by Gasteiger charge is 2.29. The second-order valence-corrected chi connectivity index (χ2v) is 8.38. The van der Waals surface area contributed by atoms with E-state index in [1.165, 1.54) is 0 Å². The van der Waals surface area contributed by atoms with Gasteiger partial charge >= 0.3 is 14.4 Å². The maximum atomic E-state index is 5.60. The quantitative estimate of drug-likeness (QED) is 0.524. The van der Waals surface area contributed by atoms with Gasteiger partial charge in [0.15, 0.2) is 0 Å². The molecule has 0 amide bonds. The molecule has 19 heavy (non-hydrogen) atoms. The maximum absolute atomic E-state index is 5.60. The Morgan fingerprint density at radius 1 is 0.684 bits per heavy atom. The standard InChI is InChI=1S/C10H25NO5P2S/c1-6-12-17(13-7-2,14-8-3)11-18(19,15-9-4)16-10-5/h6-10H2,1-5H3. The Labute approximate surface area is 121 Å². The van der Waals surface area contributed by atoms with Crippen LogP contribution in [0.4, 0.5) is 0 Å². The first-order valence-electron chi connectivity index (χ1n) is 6.47. The third-order valence-corrected chi connectivity index (χ3v) is 7.65. The molecule has 0 aliphatic carbocycles. The van der Waals surface area contributed by atoms with Gasteiger partial charge in [0.2, 0.25) is 0 Å². The van der Waals surface area contributed by atoms with Crippen molar-refractivity contribution in [1.29, 1.82) is 0 Å². The highest BCUT2D eigenvalue weighted by atomic mass is 32.5. The van der Waals surface area contributed by atoms with Gasteiger partial charge in [0.05, 0.1) is 33.0 Å². The van der Waals surface area contributed by atoms with Crippen molar-refractivity contribution in [2.45, 2.75) is 34.6 Å². The third-order valence-electron chi connectivity index (χ3n) is 1.68. The summed E-state index contributed by atoms with van der Waals surface area (Å²) in [4.78, 5) is 0. The molecule has 0 atom stereocenters. The molecule has 0 bridgehead atoms. The van der Waals surface area contributed by atoms with Gasteiger partial charge in [-0.3, -0.25) is 0 Å². The van der Waals surface area contributed by atoms with Crippen molar-refractivity contribution in [1.82, 2.24) is 0 Å². The maximum Gasteiger partial charge on any atom is 0.363 e. The zero-order valence-electron chi connectivity index (χ0n) is 12.3. The first-order chi connectivity index (χ1) is 9.01. The minimum absolute atomic E-state index is 0.421. The predicted molar refractivity (Wildman–Crippen MR) is 81.8 cm³/mol. The molecule has 0 fully saturated rings. The zero-order valence-corrected chi connectivity index (χ0v) is 14.9. The van der Waals surface area contributed by atoms with Crippen molar-refractivity contribution < 1.29 is 22.6 Å². The summed E-state index contributed by atoms with van der Waals surface area (Å²) in [6.45, 7) is 8.56. The number of hydrogen-bond acceptors (Lipinski definition) is 6. The monoisotopic (exact) mass is 333 g/mol. The van der Waals surface area contributed by atoms with Crippen molar-refractivity contribution in [2.75, 3.05) is 33.0 Å². The van der Waals surface area contributed by atoms with Crippen LogP contribution >= 0.6 is 14.4 Å². The van der Waals surface area contributed by atoms with Crippen molar-refractivity contribution >= 4 is 26.2 Å². The van der Waals surface area contributed by atoms with Crippen LogP contribution in [0.3, 0.4) is 0 Å². The van der Waals surface area contributed by atoms with Crippen molar-refractivity contribution in [2.24, 2.45) is 4.52 Å². The topological polar surface area (TPSA) is 58.5 Å². The molecule has 116 valence electrons. The molecule has 0 aliphatic heterocycles. The van der Waals surface area contributed by atoms with E-state index in [4.69, 9.17) is 34.4 Å². The van der Waals surface area contributed by atoms with Gasteiger partial charge in [0.25, 0.3) is 0 Å². The van der Waals surface area contributed by atoms with Crippen LogP contribution in [0.5, 0.6) is 0 Å². The van der Waals surface area contributed by atoms with Crippen LogP contribution in [0.1, 0.15) is 34.6 Å². The summed E-state index contributed by atoms with van der Waals surface area (Å²) in [5, 5.41) is 0. The van der Waals surface area contributed by atoms with E-state index < -0.39 is 14.4 Å². The van der Waals surface area contributed by atoms with Gasteiger partial charge in [-0.05, 0) is 46.4 Å². The summed E-state index contributed by atoms with van der Waals surface area (Å²) in [6, 6.07) is 0. The van der Waals surface area contributed by atoms with Crippen LogP contribution in [0.15, 0.2) is 4.52 Å². The molecule has 0 heterocycles. The lowest BCUT2D eigenvalue weighted by molar-refractivity contribution is 0.162. The molecule has 0 aliphatic rings. The van der Waals surface area contributed by atoms with E-state index >= 15 is 0 Å². The Bertz CT molecular complexity index is 306. The molecule has 0 aromatic carbocycles. The molecule has 0 spiro atoms. The molecule has 0 saturated heterocycles. The summed E-state index contributed by atoms with van der Waals surface area (Å²) < 4.78 is 32.2. The fraction of sp³-hybridized carbons (Fsp3) is 1.00. The van der Waals surface area contributed by atoms with E-state index in [2.05, 4.69) is 4.52 Å². The molecule has 6 nitrogen and oxygen atoms in total. The largest absolute Gasteiger partial charge is 0.363 e. The highest BCUT2D eigenvalue weighted by Crippen LogP contribution is 2.65. The number of hydrogen-bond donors (Lipinski definition) is 0. The van der Waals surface area contributed by atoms with Crippen molar-refractivity contribution in [3.63, 3.8) is 0 Å². The summed E-state index contributed by atoms with van der Waals surface area (Å²) in [5.74, 6) is 0. The van der Waals surface area contributed by atoms with Crippen LogP contribution in [0.2, 0.25) is 0 Å². The molecular weight excluding hydrogens is 308 g/mol. The van der Waals surface area contributed by atoms with Gasteiger partial charge in [-0.1, -0.05) is 0 Å². The van der Waals surface area contributed by atoms with E-state index in [0.717, 1.165) is 0 Å². The van der Waals surface area contributed by atoms with Gasteiger partial charge in [-0.25, -0.2) is 0 Å². The van der Waals surface area contributed by atoms with E-state index in [1.807, 2.05) is 34.6 Å². The van der Waals surface area contributed by atoms with E-state index in [1.54, 1.807) is 0 Å². The summed E-state index contributed by atoms with van der Waals surface area (Å²) >= 11 is 5.38. The lowest BCUT2D eigenvalue weighted by atomic mass is 10.9. The molecule has 0 aromatic heterocycles.